The van der Waals surface area contributed by atoms with Crippen LogP contribution in [-0.2, 0) is 22.4 Å². The third-order valence-corrected chi connectivity index (χ3v) is 6.33. The molecule has 0 spiro atoms. The largest absolute Gasteiger partial charge is 0.490 e. The highest BCUT2D eigenvalue weighted by Crippen LogP contribution is 2.39. The normalized spacial score (nSPS) is 13.0. The van der Waals surface area contributed by atoms with E-state index in [2.05, 4.69) is 5.32 Å². The van der Waals surface area contributed by atoms with Gasteiger partial charge in [-0.25, -0.2) is 4.79 Å². The van der Waals surface area contributed by atoms with Crippen molar-refractivity contribution in [2.45, 2.75) is 46.5 Å². The topological polar surface area (TPSA) is 97.7 Å². The number of aryl methyl sites for hydroxylation is 1. The predicted octanol–water partition coefficient (Wildman–Crippen LogP) is 5.15. The van der Waals surface area contributed by atoms with Gasteiger partial charge >= 0.3 is 5.97 Å². The fourth-order valence-electron chi connectivity index (χ4n) is 3.72. The number of hydrogen-bond acceptors (Lipinski definition) is 7. The van der Waals surface area contributed by atoms with Crippen LogP contribution in [-0.4, -0.2) is 31.7 Å². The van der Waals surface area contributed by atoms with E-state index in [0.717, 1.165) is 36.1 Å². The zero-order valence-electron chi connectivity index (χ0n) is 19.2. The first kappa shape index (κ1) is 24.3. The van der Waals surface area contributed by atoms with Crippen molar-refractivity contribution in [3.63, 3.8) is 0 Å². The average molecular weight is 469 g/mol. The Morgan fingerprint density at radius 3 is 2.52 bits per heavy atom. The molecule has 33 heavy (non-hydrogen) atoms. The van der Waals surface area contributed by atoms with Crippen molar-refractivity contribution in [3.8, 4) is 17.6 Å². The molecule has 0 saturated heterocycles. The van der Waals surface area contributed by atoms with Crippen LogP contribution >= 0.6 is 11.3 Å². The lowest BCUT2D eigenvalue weighted by Crippen LogP contribution is -2.16. The van der Waals surface area contributed by atoms with Crippen molar-refractivity contribution in [3.05, 3.63) is 45.3 Å². The maximum absolute atomic E-state index is 13.0. The molecule has 2 aromatic rings. The molecule has 3 rings (SSSR count). The van der Waals surface area contributed by atoms with Gasteiger partial charge in [0.15, 0.2) is 11.5 Å². The SMILES string of the molecule is CCOC(=O)c1c(NC(=O)/C(C#N)=C/c2ccc(OCC)c(OCC)c2)sc2c1CCCC2. The molecular weight excluding hydrogens is 440 g/mol. The van der Waals surface area contributed by atoms with E-state index >= 15 is 0 Å². The molecular formula is C25H28N2O5S. The molecule has 0 unspecified atom stereocenters. The van der Waals surface area contributed by atoms with Crippen molar-refractivity contribution in [2.24, 2.45) is 0 Å². The van der Waals surface area contributed by atoms with Gasteiger partial charge in [0.2, 0.25) is 0 Å². The van der Waals surface area contributed by atoms with Crippen molar-refractivity contribution in [1.82, 2.24) is 0 Å². The van der Waals surface area contributed by atoms with Crippen molar-refractivity contribution >= 4 is 34.3 Å². The van der Waals surface area contributed by atoms with E-state index < -0.39 is 11.9 Å². The molecule has 7 nitrogen and oxygen atoms in total. The molecule has 1 heterocycles. The first-order valence-corrected chi connectivity index (χ1v) is 12.0. The number of carbonyl (C=O) groups excluding carboxylic acids is 2. The summed E-state index contributed by atoms with van der Waals surface area (Å²) in [6, 6.07) is 7.20. The summed E-state index contributed by atoms with van der Waals surface area (Å²) in [4.78, 5) is 26.7. The summed E-state index contributed by atoms with van der Waals surface area (Å²) in [5.41, 5.74) is 1.92. The van der Waals surface area contributed by atoms with E-state index in [4.69, 9.17) is 14.2 Å². The number of esters is 1. The van der Waals surface area contributed by atoms with Gasteiger partial charge in [-0.15, -0.1) is 11.3 Å². The Bertz CT molecular complexity index is 1100. The predicted molar refractivity (Wildman–Crippen MR) is 128 cm³/mol. The molecule has 174 valence electrons. The summed E-state index contributed by atoms with van der Waals surface area (Å²) >= 11 is 1.39. The molecule has 0 fully saturated rings. The minimum Gasteiger partial charge on any atom is -0.490 e. The van der Waals surface area contributed by atoms with Crippen LogP contribution in [0.4, 0.5) is 5.00 Å². The minimum atomic E-state index is -0.575. The van der Waals surface area contributed by atoms with E-state index in [1.807, 2.05) is 19.9 Å². The number of nitriles is 1. The minimum absolute atomic E-state index is 0.0808. The van der Waals surface area contributed by atoms with Crippen LogP contribution in [0.1, 0.15) is 60.0 Å². The fourth-order valence-corrected chi connectivity index (χ4v) is 4.99. The lowest BCUT2D eigenvalue weighted by Gasteiger charge is -2.12. The second kappa shape index (κ2) is 11.5. The zero-order valence-corrected chi connectivity index (χ0v) is 20.0. The Morgan fingerprint density at radius 1 is 1.09 bits per heavy atom. The molecule has 8 heteroatoms. The number of benzene rings is 1. The van der Waals surface area contributed by atoms with Gasteiger partial charge < -0.3 is 19.5 Å². The van der Waals surface area contributed by atoms with Crippen LogP contribution in [0, 0.1) is 11.3 Å². The van der Waals surface area contributed by atoms with Crippen LogP contribution in [0.15, 0.2) is 23.8 Å². The lowest BCUT2D eigenvalue weighted by molar-refractivity contribution is -0.112. The number of hydrogen-bond donors (Lipinski definition) is 1. The summed E-state index contributed by atoms with van der Waals surface area (Å²) in [7, 11) is 0. The maximum Gasteiger partial charge on any atom is 0.341 e. The van der Waals surface area contributed by atoms with Gasteiger partial charge in [-0.1, -0.05) is 6.07 Å². The molecule has 0 saturated carbocycles. The summed E-state index contributed by atoms with van der Waals surface area (Å²) in [5.74, 6) is 0.125. The highest BCUT2D eigenvalue weighted by atomic mass is 32.1. The van der Waals surface area contributed by atoms with Gasteiger partial charge in [0, 0.05) is 4.88 Å². The van der Waals surface area contributed by atoms with Gasteiger partial charge in [-0.05, 0) is 75.8 Å². The van der Waals surface area contributed by atoms with Crippen molar-refractivity contribution < 1.29 is 23.8 Å². The summed E-state index contributed by atoms with van der Waals surface area (Å²) < 4.78 is 16.4. The van der Waals surface area contributed by atoms with Crippen LogP contribution in [0.2, 0.25) is 0 Å². The number of anilines is 1. The summed E-state index contributed by atoms with van der Waals surface area (Å²) in [6.45, 7) is 6.70. The monoisotopic (exact) mass is 468 g/mol. The van der Waals surface area contributed by atoms with Gasteiger partial charge in [-0.2, -0.15) is 5.26 Å². The number of amides is 1. The Labute approximate surface area is 198 Å². The molecule has 1 aromatic carbocycles. The first-order chi connectivity index (χ1) is 16.0. The Balaban J connectivity index is 1.90. The van der Waals surface area contributed by atoms with Gasteiger partial charge in [0.1, 0.15) is 16.6 Å². The quantitative estimate of drug-likeness (QED) is 0.311. The van der Waals surface area contributed by atoms with Gasteiger partial charge in [-0.3, -0.25) is 4.79 Å². The lowest BCUT2D eigenvalue weighted by atomic mass is 9.95. The van der Waals surface area contributed by atoms with Crippen LogP contribution in [0.5, 0.6) is 11.5 Å². The zero-order chi connectivity index (χ0) is 23.8. The molecule has 0 aliphatic heterocycles. The highest BCUT2D eigenvalue weighted by Gasteiger charge is 2.27. The van der Waals surface area contributed by atoms with Crippen molar-refractivity contribution in [1.29, 1.82) is 5.26 Å². The van der Waals surface area contributed by atoms with Gasteiger partial charge in [0.25, 0.3) is 5.91 Å². The third-order valence-electron chi connectivity index (χ3n) is 5.12. The number of ether oxygens (including phenoxy) is 3. The highest BCUT2D eigenvalue weighted by molar-refractivity contribution is 7.17. The number of rotatable bonds is 9. The molecule has 1 N–H and O–H groups in total. The van der Waals surface area contributed by atoms with Crippen molar-refractivity contribution in [2.75, 3.05) is 25.1 Å². The standard InChI is InChI=1S/C25H28N2O5S/c1-4-30-19-12-11-16(14-20(19)31-5-2)13-17(15-26)23(28)27-24-22(25(29)32-6-3)18-9-7-8-10-21(18)33-24/h11-14H,4-10H2,1-3H3,(H,27,28)/b17-13+. The molecule has 0 bridgehead atoms. The van der Waals surface area contributed by atoms with E-state index in [-0.39, 0.29) is 12.2 Å². The van der Waals surface area contributed by atoms with E-state index in [1.54, 1.807) is 25.1 Å². The van der Waals surface area contributed by atoms with E-state index in [1.165, 1.54) is 17.4 Å². The number of nitrogens with zero attached hydrogens (tertiary/aromatic N) is 1. The number of thiophene rings is 1. The van der Waals surface area contributed by atoms with Gasteiger partial charge in [0.05, 0.1) is 25.4 Å². The summed E-state index contributed by atoms with van der Waals surface area (Å²) in [6.07, 6.45) is 5.18. The molecule has 1 aliphatic rings. The Hall–Kier alpha value is -3.31. The average Bonchev–Trinajstić information content (AvgIpc) is 3.17. The Kier molecular flexibility index (Phi) is 8.50. The number of fused-ring (bicyclic) bond motifs is 1. The maximum atomic E-state index is 13.0. The molecule has 0 radical (unpaired) electrons. The van der Waals surface area contributed by atoms with Crippen LogP contribution in [0.3, 0.4) is 0 Å². The first-order valence-electron chi connectivity index (χ1n) is 11.2. The van der Waals surface area contributed by atoms with Crippen LogP contribution in [0.25, 0.3) is 6.08 Å². The molecule has 1 amide bonds. The number of nitrogens with one attached hydrogen (secondary N) is 1. The van der Waals surface area contributed by atoms with E-state index in [9.17, 15) is 14.9 Å². The fraction of sp³-hybridized carbons (Fsp3) is 0.400. The smallest absolute Gasteiger partial charge is 0.341 e. The Morgan fingerprint density at radius 2 is 1.82 bits per heavy atom. The van der Waals surface area contributed by atoms with Crippen LogP contribution < -0.4 is 14.8 Å². The molecule has 0 atom stereocenters. The molecule has 1 aromatic heterocycles. The van der Waals surface area contributed by atoms with E-state index in [0.29, 0.717) is 40.8 Å². The second-order valence-electron chi connectivity index (χ2n) is 7.33. The summed E-state index contributed by atoms with van der Waals surface area (Å²) in [5, 5.41) is 12.9. The number of carbonyl (C=O) groups is 2. The second-order valence-corrected chi connectivity index (χ2v) is 8.44. The molecule has 1 aliphatic carbocycles. The third kappa shape index (κ3) is 5.74.